The van der Waals surface area contributed by atoms with Crippen LogP contribution in [0.4, 0.5) is 0 Å². The van der Waals surface area contributed by atoms with Crippen molar-refractivity contribution in [3.8, 4) is 0 Å². The van der Waals surface area contributed by atoms with Crippen LogP contribution in [0.1, 0.15) is 19.3 Å². The number of fused-ring (bicyclic) bond motifs is 4. The highest BCUT2D eigenvalue weighted by Gasteiger charge is 2.21. The molecule has 0 aromatic rings. The molecule has 0 aromatic carbocycles. The van der Waals surface area contributed by atoms with Gasteiger partial charge in [0.2, 0.25) is 0 Å². The molecule has 0 amide bonds. The van der Waals surface area contributed by atoms with E-state index in [-0.39, 0.29) is 7.12 Å². The maximum atomic E-state index is 5.64. The standard InChI is InChI=1S/C9H18BNO2/c1-4-10-12-8-2-6-11(5-1)7-3-9-13-10/h1-9H2. The van der Waals surface area contributed by atoms with Crippen LogP contribution in [0.3, 0.4) is 0 Å². The van der Waals surface area contributed by atoms with Gasteiger partial charge in [-0.15, -0.1) is 0 Å². The third kappa shape index (κ3) is 2.97. The molecule has 2 fully saturated rings. The zero-order valence-corrected chi connectivity index (χ0v) is 8.21. The van der Waals surface area contributed by atoms with Crippen molar-refractivity contribution in [2.24, 2.45) is 0 Å². The van der Waals surface area contributed by atoms with Crippen molar-refractivity contribution in [1.82, 2.24) is 4.90 Å². The molecule has 2 rings (SSSR count). The minimum Gasteiger partial charge on any atom is -0.411 e. The molecule has 0 atom stereocenters. The normalized spacial score (nSPS) is 27.2. The van der Waals surface area contributed by atoms with E-state index in [1.54, 1.807) is 0 Å². The van der Waals surface area contributed by atoms with Gasteiger partial charge >= 0.3 is 7.12 Å². The summed E-state index contributed by atoms with van der Waals surface area (Å²) >= 11 is 0. The first-order valence-corrected chi connectivity index (χ1v) is 5.41. The Balaban J connectivity index is 1.95. The minimum absolute atomic E-state index is 0.0815. The van der Waals surface area contributed by atoms with Crippen LogP contribution in [0.2, 0.25) is 6.32 Å². The summed E-state index contributed by atoms with van der Waals surface area (Å²) in [7, 11) is 0.0815. The molecule has 0 N–H and O–H groups in total. The van der Waals surface area contributed by atoms with Crippen molar-refractivity contribution in [3.63, 3.8) is 0 Å². The zero-order valence-electron chi connectivity index (χ0n) is 8.21. The minimum atomic E-state index is 0.0815. The van der Waals surface area contributed by atoms with Gasteiger partial charge in [0.1, 0.15) is 0 Å². The summed E-state index contributed by atoms with van der Waals surface area (Å²) in [5, 5.41) is 0. The van der Waals surface area contributed by atoms with Gasteiger partial charge in [0, 0.05) is 26.3 Å². The molecule has 0 aliphatic carbocycles. The molecule has 2 aliphatic rings. The molecular weight excluding hydrogens is 165 g/mol. The van der Waals surface area contributed by atoms with Crippen LogP contribution >= 0.6 is 0 Å². The van der Waals surface area contributed by atoms with Gasteiger partial charge in [-0.2, -0.15) is 0 Å². The molecule has 0 aromatic heterocycles. The zero-order chi connectivity index (χ0) is 8.93. The van der Waals surface area contributed by atoms with Gasteiger partial charge in [-0.3, -0.25) is 0 Å². The highest BCUT2D eigenvalue weighted by atomic mass is 16.6. The molecule has 0 spiro atoms. The average Bonchev–Trinajstić information content (AvgIpc) is 2.33. The first-order valence-electron chi connectivity index (χ1n) is 5.41. The lowest BCUT2D eigenvalue weighted by Gasteiger charge is -2.21. The highest BCUT2D eigenvalue weighted by molar-refractivity contribution is 6.44. The molecule has 2 bridgehead atoms. The Labute approximate surface area is 80.5 Å². The molecule has 0 radical (unpaired) electrons. The molecule has 4 heteroatoms. The van der Waals surface area contributed by atoms with Crippen LogP contribution in [0.25, 0.3) is 0 Å². The maximum Gasteiger partial charge on any atom is 0.456 e. The van der Waals surface area contributed by atoms with Gasteiger partial charge in [-0.05, 0) is 32.1 Å². The maximum absolute atomic E-state index is 5.64. The molecule has 3 nitrogen and oxygen atoms in total. The summed E-state index contributed by atoms with van der Waals surface area (Å²) in [6, 6.07) is 0. The molecule has 74 valence electrons. The fourth-order valence-corrected chi connectivity index (χ4v) is 2.04. The lowest BCUT2D eigenvalue weighted by Crippen LogP contribution is -2.29. The van der Waals surface area contributed by atoms with Crippen LogP contribution in [0.5, 0.6) is 0 Å². The molecule has 13 heavy (non-hydrogen) atoms. The molecule has 2 saturated heterocycles. The van der Waals surface area contributed by atoms with E-state index in [2.05, 4.69) is 4.90 Å². The van der Waals surface area contributed by atoms with Gasteiger partial charge in [0.05, 0.1) is 0 Å². The highest BCUT2D eigenvalue weighted by Crippen LogP contribution is 2.11. The van der Waals surface area contributed by atoms with E-state index in [0.717, 1.165) is 32.4 Å². The van der Waals surface area contributed by atoms with Crippen molar-refractivity contribution in [1.29, 1.82) is 0 Å². The molecular formula is C9H18BNO2. The quantitative estimate of drug-likeness (QED) is 0.523. The second-order valence-corrected chi connectivity index (χ2v) is 3.86. The fraction of sp³-hybridized carbons (Fsp3) is 1.00. The Hall–Kier alpha value is -0.0551. The van der Waals surface area contributed by atoms with E-state index >= 15 is 0 Å². The molecule has 0 unspecified atom stereocenters. The first-order chi connectivity index (χ1) is 6.45. The Bertz CT molecular complexity index is 129. The van der Waals surface area contributed by atoms with E-state index in [4.69, 9.17) is 9.31 Å². The summed E-state index contributed by atoms with van der Waals surface area (Å²) in [6.07, 6.45) is 4.58. The average molecular weight is 183 g/mol. The Kier molecular flexibility index (Phi) is 3.64. The Morgan fingerprint density at radius 1 is 0.846 bits per heavy atom. The second kappa shape index (κ2) is 4.98. The Morgan fingerprint density at radius 3 is 2.15 bits per heavy atom. The SMILES string of the molecule is C1COB2CCCN(C1)CCCO2. The van der Waals surface area contributed by atoms with Gasteiger partial charge < -0.3 is 14.2 Å². The Morgan fingerprint density at radius 2 is 1.46 bits per heavy atom. The summed E-state index contributed by atoms with van der Waals surface area (Å²) in [4.78, 5) is 2.54. The van der Waals surface area contributed by atoms with Crippen molar-refractivity contribution in [2.45, 2.75) is 25.6 Å². The van der Waals surface area contributed by atoms with Crippen molar-refractivity contribution in [3.05, 3.63) is 0 Å². The van der Waals surface area contributed by atoms with Gasteiger partial charge in [-0.25, -0.2) is 0 Å². The molecule has 2 aliphatic heterocycles. The van der Waals surface area contributed by atoms with E-state index in [1.165, 1.54) is 26.1 Å². The largest absolute Gasteiger partial charge is 0.456 e. The van der Waals surface area contributed by atoms with Gasteiger partial charge in [-0.1, -0.05) is 0 Å². The lowest BCUT2D eigenvalue weighted by atomic mass is 9.83. The van der Waals surface area contributed by atoms with E-state index in [1.807, 2.05) is 0 Å². The van der Waals surface area contributed by atoms with Crippen LogP contribution in [-0.4, -0.2) is 44.9 Å². The summed E-state index contributed by atoms with van der Waals surface area (Å²) in [5.74, 6) is 0. The fourth-order valence-electron chi connectivity index (χ4n) is 2.04. The van der Waals surface area contributed by atoms with Gasteiger partial charge in [0.15, 0.2) is 0 Å². The smallest absolute Gasteiger partial charge is 0.411 e. The lowest BCUT2D eigenvalue weighted by molar-refractivity contribution is 0.163. The van der Waals surface area contributed by atoms with Gasteiger partial charge in [0.25, 0.3) is 0 Å². The van der Waals surface area contributed by atoms with E-state index in [0.29, 0.717) is 0 Å². The predicted molar refractivity (Wildman–Crippen MR) is 52.8 cm³/mol. The predicted octanol–water partition coefficient (Wildman–Crippen LogP) is 1.01. The topological polar surface area (TPSA) is 21.7 Å². The third-order valence-electron chi connectivity index (χ3n) is 2.76. The number of nitrogens with zero attached hydrogens (tertiary/aromatic N) is 1. The molecule has 2 heterocycles. The van der Waals surface area contributed by atoms with Crippen molar-refractivity contribution >= 4 is 7.12 Å². The van der Waals surface area contributed by atoms with Crippen LogP contribution in [0, 0.1) is 0 Å². The van der Waals surface area contributed by atoms with Crippen LogP contribution in [-0.2, 0) is 9.31 Å². The number of hydrogen-bond donors (Lipinski definition) is 0. The van der Waals surface area contributed by atoms with E-state index < -0.39 is 0 Å². The number of hydrogen-bond acceptors (Lipinski definition) is 3. The van der Waals surface area contributed by atoms with Crippen molar-refractivity contribution < 1.29 is 9.31 Å². The van der Waals surface area contributed by atoms with E-state index in [9.17, 15) is 0 Å². The third-order valence-corrected chi connectivity index (χ3v) is 2.76. The molecule has 0 saturated carbocycles. The monoisotopic (exact) mass is 183 g/mol. The summed E-state index contributed by atoms with van der Waals surface area (Å²) in [6.45, 7) is 5.35. The van der Waals surface area contributed by atoms with Crippen LogP contribution in [0.15, 0.2) is 0 Å². The number of rotatable bonds is 0. The first kappa shape index (κ1) is 9.50. The van der Waals surface area contributed by atoms with Crippen molar-refractivity contribution in [2.75, 3.05) is 32.8 Å². The van der Waals surface area contributed by atoms with Crippen LogP contribution < -0.4 is 0 Å². The summed E-state index contributed by atoms with van der Waals surface area (Å²) in [5.41, 5.74) is 0. The second-order valence-electron chi connectivity index (χ2n) is 3.86. The summed E-state index contributed by atoms with van der Waals surface area (Å²) < 4.78 is 11.3.